The molecule has 0 aliphatic heterocycles. The minimum Gasteiger partial charge on any atom is -0.344 e. The molecule has 0 amide bonds. The first-order valence-corrected chi connectivity index (χ1v) is 8.69. The van der Waals surface area contributed by atoms with Crippen molar-refractivity contribution < 1.29 is 13.0 Å². The summed E-state index contributed by atoms with van der Waals surface area (Å²) in [6, 6.07) is 0. The van der Waals surface area contributed by atoms with Crippen LogP contribution in [0, 0.1) is 0 Å². The molecule has 0 unspecified atom stereocenters. The van der Waals surface area contributed by atoms with E-state index in [1.165, 1.54) is 0 Å². The monoisotopic (exact) mass is 217 g/mol. The van der Waals surface area contributed by atoms with E-state index in [1.807, 2.05) is 20.8 Å². The molecule has 0 aliphatic rings. The molecule has 0 aromatic heterocycles. The fraction of sp³-hybridized carbons (Fsp3) is 1.00. The Bertz CT molecular complexity index is 203. The first kappa shape index (κ1) is 14.8. The molecule has 0 rings (SSSR count). The molecule has 0 aromatic rings. The molecule has 4 nitrogen and oxygen atoms in total. The van der Waals surface area contributed by atoms with Gasteiger partial charge in [-0.15, -0.1) is 0 Å². The molecule has 12 heavy (non-hydrogen) atoms. The zero-order valence-electron chi connectivity index (χ0n) is 8.00. The number of hydrogen-bond acceptors (Lipinski definition) is 3. The molecular formula is C6H20NO3PS. The van der Waals surface area contributed by atoms with Gasteiger partial charge in [-0.05, 0) is 0 Å². The maximum Gasteiger partial charge on any atom is -0.344 e. The predicted molar refractivity (Wildman–Crippen MR) is 56.5 cm³/mol. The fourth-order valence-corrected chi connectivity index (χ4v) is 7.17. The maximum absolute atomic E-state index is 11.0. The minimum atomic E-state index is -3.74. The van der Waals surface area contributed by atoms with Crippen molar-refractivity contribution in [1.29, 1.82) is 0 Å². The van der Waals surface area contributed by atoms with Crippen molar-refractivity contribution in [3.8, 4) is 0 Å². The second-order valence-electron chi connectivity index (χ2n) is 2.72. The average molecular weight is 217 g/mol. The van der Waals surface area contributed by atoms with Gasteiger partial charge in [0.05, 0.1) is 0 Å². The van der Waals surface area contributed by atoms with Crippen LogP contribution in [-0.4, -0.2) is 31.5 Å². The summed E-state index contributed by atoms with van der Waals surface area (Å²) in [7, 11) is -3.74. The van der Waals surface area contributed by atoms with Gasteiger partial charge in [-0.2, -0.15) is 0 Å². The molecule has 0 saturated carbocycles. The van der Waals surface area contributed by atoms with E-state index >= 15 is 0 Å². The van der Waals surface area contributed by atoms with Crippen molar-refractivity contribution in [1.82, 2.24) is 6.15 Å². The normalized spacial score (nSPS) is 13.7. The number of hydrogen-bond donors (Lipinski definition) is 2. The summed E-state index contributed by atoms with van der Waals surface area (Å²) in [6.45, 7) is 3.13. The molecule has 0 aromatic carbocycles. The van der Waals surface area contributed by atoms with Gasteiger partial charge in [-0.1, -0.05) is 0 Å². The van der Waals surface area contributed by atoms with Crippen LogP contribution in [0.25, 0.3) is 0 Å². The van der Waals surface area contributed by atoms with Crippen molar-refractivity contribution in [2.45, 2.75) is 20.8 Å². The first-order valence-electron chi connectivity index (χ1n) is 3.90. The molecule has 0 spiro atoms. The Morgan fingerprint density at radius 1 is 1.08 bits per heavy atom. The van der Waals surface area contributed by atoms with Crippen LogP contribution in [0.3, 0.4) is 0 Å². The van der Waals surface area contributed by atoms with Gasteiger partial charge in [-0.25, -0.2) is 0 Å². The van der Waals surface area contributed by atoms with E-state index in [0.717, 1.165) is 0 Å². The van der Waals surface area contributed by atoms with Gasteiger partial charge in [0, 0.05) is 0 Å². The Morgan fingerprint density at radius 2 is 1.33 bits per heavy atom. The third-order valence-electron chi connectivity index (χ3n) is 2.48. The van der Waals surface area contributed by atoms with Crippen molar-refractivity contribution in [2.24, 2.45) is 0 Å². The van der Waals surface area contributed by atoms with Crippen molar-refractivity contribution in [3.63, 3.8) is 0 Å². The van der Waals surface area contributed by atoms with E-state index in [9.17, 15) is 8.42 Å². The summed E-state index contributed by atoms with van der Waals surface area (Å²) in [5.74, 6) is 0. The topological polar surface area (TPSA) is 89.4 Å². The van der Waals surface area contributed by atoms with Crippen LogP contribution < -0.4 is 6.15 Å². The van der Waals surface area contributed by atoms with Gasteiger partial charge < -0.3 is 6.15 Å². The molecule has 0 heterocycles. The average Bonchev–Trinajstić information content (AvgIpc) is 1.90. The predicted octanol–water partition coefficient (Wildman–Crippen LogP) is 1.76. The van der Waals surface area contributed by atoms with Gasteiger partial charge in [-0.3, -0.25) is 0 Å². The van der Waals surface area contributed by atoms with Gasteiger partial charge in [0.1, 0.15) is 0 Å². The Balaban J connectivity index is 0. The maximum atomic E-state index is 11.0. The van der Waals surface area contributed by atoms with Crippen LogP contribution in [0.15, 0.2) is 0 Å². The van der Waals surface area contributed by atoms with Gasteiger partial charge >= 0.3 is 68.4 Å². The quantitative estimate of drug-likeness (QED) is 0.554. The fourth-order valence-electron chi connectivity index (χ4n) is 1.30. The minimum absolute atomic E-state index is 0. The van der Waals surface area contributed by atoms with Crippen molar-refractivity contribution in [2.75, 3.05) is 18.5 Å². The summed E-state index contributed by atoms with van der Waals surface area (Å²) in [5, 5.41) is 0. The van der Waals surface area contributed by atoms with Crippen LogP contribution in [0.5, 0.6) is 0 Å². The first-order chi connectivity index (χ1) is 4.93. The van der Waals surface area contributed by atoms with Crippen LogP contribution >= 0.6 is 6.46 Å². The largest absolute Gasteiger partial charge is 0.344 e. The second kappa shape index (κ2) is 5.12. The molecule has 4 N–H and O–H groups in total. The van der Waals surface area contributed by atoms with Crippen LogP contribution in [0.1, 0.15) is 20.8 Å². The molecule has 6 heteroatoms. The van der Waals surface area contributed by atoms with E-state index in [1.54, 1.807) is 0 Å². The zero-order valence-corrected chi connectivity index (χ0v) is 9.82. The third kappa shape index (κ3) is 2.66. The summed E-state index contributed by atoms with van der Waals surface area (Å²) < 4.78 is 30.9. The Hall–Kier alpha value is 0.300. The van der Waals surface area contributed by atoms with E-state index in [2.05, 4.69) is 0 Å². The molecule has 0 bridgehead atoms. The van der Waals surface area contributed by atoms with Crippen LogP contribution in [-0.2, 0) is 9.74 Å². The third-order valence-corrected chi connectivity index (χ3v) is 13.3. The van der Waals surface area contributed by atoms with Gasteiger partial charge in [0.25, 0.3) is 0 Å². The van der Waals surface area contributed by atoms with Crippen LogP contribution in [0.2, 0.25) is 0 Å². The molecule has 0 fully saturated rings. The molecule has 0 atom stereocenters. The van der Waals surface area contributed by atoms with E-state index in [4.69, 9.17) is 4.55 Å². The zero-order chi connectivity index (χ0) is 9.12. The molecule has 0 radical (unpaired) electrons. The second-order valence-corrected chi connectivity index (χ2v) is 12.3. The standard InChI is InChI=1S/C6H17O3PS.H3N/c1-4-10(5-2,6-3)11(7,8)9;/h10H,4-6H2,1-3H3,(H,7,8,9);1H3. The smallest absolute Gasteiger partial charge is 0.344 e. The van der Waals surface area contributed by atoms with E-state index < -0.39 is 16.2 Å². The molecule has 0 saturated heterocycles. The summed E-state index contributed by atoms with van der Waals surface area (Å²) in [4.78, 5) is 0. The molecule has 78 valence electrons. The van der Waals surface area contributed by atoms with Gasteiger partial charge in [0.2, 0.25) is 0 Å². The number of rotatable bonds is 4. The summed E-state index contributed by atoms with van der Waals surface area (Å²) >= 11 is 0. The Labute approximate surface area is 75.2 Å². The molecule has 0 aliphatic carbocycles. The molecular weight excluding hydrogens is 197 g/mol. The van der Waals surface area contributed by atoms with E-state index in [0.29, 0.717) is 18.5 Å². The van der Waals surface area contributed by atoms with E-state index in [-0.39, 0.29) is 6.15 Å². The SMILES string of the molecule is CC[PH](CC)(CC)S(=O)(=O)O.N. The van der Waals surface area contributed by atoms with Crippen molar-refractivity contribution >= 4 is 16.2 Å². The Morgan fingerprint density at radius 3 is 1.33 bits per heavy atom. The van der Waals surface area contributed by atoms with Gasteiger partial charge in [0.15, 0.2) is 0 Å². The summed E-state index contributed by atoms with van der Waals surface area (Å²) in [6.07, 6.45) is 1.83. The van der Waals surface area contributed by atoms with Crippen molar-refractivity contribution in [3.05, 3.63) is 0 Å². The van der Waals surface area contributed by atoms with Crippen LogP contribution in [0.4, 0.5) is 0 Å². The summed E-state index contributed by atoms with van der Waals surface area (Å²) in [5.41, 5.74) is 0. The Kier molecular flexibility index (Phi) is 6.32.